The van der Waals surface area contributed by atoms with Gasteiger partial charge in [-0.1, -0.05) is 12.1 Å². The SMILES string of the molecule is CC1CN(C(=O)CN(C)S(=O)(=O)c2cccc3cnccc23)CC(C)O1. The van der Waals surface area contributed by atoms with Crippen LogP contribution in [-0.4, -0.2) is 67.4 Å². The predicted molar refractivity (Wildman–Crippen MR) is 98.1 cm³/mol. The van der Waals surface area contributed by atoms with E-state index in [0.29, 0.717) is 18.5 Å². The van der Waals surface area contributed by atoms with Crippen LogP contribution in [-0.2, 0) is 19.6 Å². The van der Waals surface area contributed by atoms with Crippen LogP contribution < -0.4 is 0 Å². The molecular formula is C18H23N3O4S. The van der Waals surface area contributed by atoms with Gasteiger partial charge >= 0.3 is 0 Å². The molecule has 7 nitrogen and oxygen atoms in total. The van der Waals surface area contributed by atoms with Gasteiger partial charge in [-0.3, -0.25) is 9.78 Å². The first-order valence-corrected chi connectivity index (χ1v) is 9.95. The highest BCUT2D eigenvalue weighted by atomic mass is 32.2. The van der Waals surface area contributed by atoms with Crippen LogP contribution in [0.15, 0.2) is 41.6 Å². The molecule has 2 unspecified atom stereocenters. The van der Waals surface area contributed by atoms with Crippen molar-refractivity contribution in [3.63, 3.8) is 0 Å². The second-order valence-electron chi connectivity index (χ2n) is 6.67. The molecule has 26 heavy (non-hydrogen) atoms. The highest BCUT2D eigenvalue weighted by molar-refractivity contribution is 7.89. The fourth-order valence-corrected chi connectivity index (χ4v) is 4.57. The minimum absolute atomic E-state index is 0.0600. The Morgan fingerprint density at radius 3 is 2.65 bits per heavy atom. The zero-order valence-electron chi connectivity index (χ0n) is 15.1. The summed E-state index contributed by atoms with van der Waals surface area (Å²) in [7, 11) is -2.37. The van der Waals surface area contributed by atoms with Crippen LogP contribution in [0.4, 0.5) is 0 Å². The largest absolute Gasteiger partial charge is 0.372 e. The molecule has 1 fully saturated rings. The molecule has 140 valence electrons. The monoisotopic (exact) mass is 377 g/mol. The summed E-state index contributed by atoms with van der Waals surface area (Å²) in [4.78, 5) is 18.5. The minimum atomic E-state index is -3.80. The third-order valence-electron chi connectivity index (χ3n) is 4.46. The number of carbonyl (C=O) groups excluding carboxylic acids is 1. The van der Waals surface area contributed by atoms with Crippen LogP contribution in [0.5, 0.6) is 0 Å². The fraction of sp³-hybridized carbons (Fsp3) is 0.444. The Labute approximate surface area is 153 Å². The van der Waals surface area contributed by atoms with E-state index in [9.17, 15) is 13.2 Å². The summed E-state index contributed by atoms with van der Waals surface area (Å²) in [5.74, 6) is -0.222. The smallest absolute Gasteiger partial charge is 0.243 e. The number of benzene rings is 1. The van der Waals surface area contributed by atoms with Gasteiger partial charge in [0.15, 0.2) is 0 Å². The Hall–Kier alpha value is -2.03. The van der Waals surface area contributed by atoms with E-state index >= 15 is 0 Å². The maximum atomic E-state index is 13.0. The summed E-state index contributed by atoms with van der Waals surface area (Å²) >= 11 is 0. The van der Waals surface area contributed by atoms with Crippen molar-refractivity contribution in [1.82, 2.24) is 14.2 Å². The third kappa shape index (κ3) is 3.72. The lowest BCUT2D eigenvalue weighted by molar-refractivity contribution is -0.143. The normalized spacial score (nSPS) is 21.3. The van der Waals surface area contributed by atoms with Crippen molar-refractivity contribution < 1.29 is 17.9 Å². The van der Waals surface area contributed by atoms with Gasteiger partial charge in [0.25, 0.3) is 0 Å². The molecule has 2 heterocycles. The van der Waals surface area contributed by atoms with E-state index < -0.39 is 10.0 Å². The quantitative estimate of drug-likeness (QED) is 0.807. The Morgan fingerprint density at radius 1 is 1.27 bits per heavy atom. The number of pyridine rings is 1. The summed E-state index contributed by atoms with van der Waals surface area (Å²) in [6, 6.07) is 6.71. The van der Waals surface area contributed by atoms with Gasteiger partial charge in [0, 0.05) is 43.3 Å². The lowest BCUT2D eigenvalue weighted by atomic mass is 10.2. The maximum absolute atomic E-state index is 13.0. The molecule has 1 saturated heterocycles. The average Bonchev–Trinajstić information content (AvgIpc) is 2.60. The van der Waals surface area contributed by atoms with Gasteiger partial charge in [0.2, 0.25) is 15.9 Å². The van der Waals surface area contributed by atoms with Crippen LogP contribution in [0.2, 0.25) is 0 Å². The second kappa shape index (κ2) is 7.30. The number of ether oxygens (including phenoxy) is 1. The van der Waals surface area contributed by atoms with Crippen LogP contribution in [0.3, 0.4) is 0 Å². The molecule has 0 bridgehead atoms. The summed E-state index contributed by atoms with van der Waals surface area (Å²) < 4.78 is 32.7. The van der Waals surface area contributed by atoms with Crippen LogP contribution >= 0.6 is 0 Å². The van der Waals surface area contributed by atoms with Crippen molar-refractivity contribution in [2.24, 2.45) is 0 Å². The van der Waals surface area contributed by atoms with E-state index in [1.54, 1.807) is 35.5 Å². The standard InChI is InChI=1S/C18H23N3O4S/c1-13-10-21(11-14(2)25-13)18(22)12-20(3)26(23,24)17-6-4-5-15-9-19-8-7-16(15)17/h4-9,13-14H,10-12H2,1-3H3. The first-order valence-electron chi connectivity index (χ1n) is 8.51. The number of likely N-dealkylation sites (N-methyl/N-ethyl adjacent to an activating group) is 1. The molecule has 8 heteroatoms. The lowest BCUT2D eigenvalue weighted by Crippen LogP contribution is -2.51. The van der Waals surface area contributed by atoms with Crippen molar-refractivity contribution in [1.29, 1.82) is 0 Å². The van der Waals surface area contributed by atoms with Crippen LogP contribution in [0.1, 0.15) is 13.8 Å². The summed E-state index contributed by atoms with van der Waals surface area (Å²) in [6.07, 6.45) is 3.06. The fourth-order valence-electron chi connectivity index (χ4n) is 3.24. The predicted octanol–water partition coefficient (Wildman–Crippen LogP) is 1.49. The van der Waals surface area contributed by atoms with Crippen molar-refractivity contribution in [2.75, 3.05) is 26.7 Å². The topological polar surface area (TPSA) is 79.8 Å². The Kier molecular flexibility index (Phi) is 5.27. The number of sulfonamides is 1. The zero-order chi connectivity index (χ0) is 18.9. The third-order valence-corrected chi connectivity index (χ3v) is 6.32. The number of amides is 1. The summed E-state index contributed by atoms with van der Waals surface area (Å²) in [6.45, 7) is 4.54. The molecule has 2 aromatic rings. The van der Waals surface area contributed by atoms with E-state index in [0.717, 1.165) is 9.69 Å². The van der Waals surface area contributed by atoms with Crippen LogP contribution in [0.25, 0.3) is 10.8 Å². The molecule has 1 aliphatic heterocycles. The van der Waals surface area contributed by atoms with Gasteiger partial charge in [-0.2, -0.15) is 4.31 Å². The number of aromatic nitrogens is 1. The van der Waals surface area contributed by atoms with E-state index in [1.807, 2.05) is 19.9 Å². The van der Waals surface area contributed by atoms with Gasteiger partial charge in [0.1, 0.15) is 0 Å². The highest BCUT2D eigenvalue weighted by Crippen LogP contribution is 2.24. The van der Waals surface area contributed by atoms with Gasteiger partial charge < -0.3 is 9.64 Å². The molecule has 0 aliphatic carbocycles. The molecule has 1 aromatic heterocycles. The van der Waals surface area contributed by atoms with Gasteiger partial charge in [-0.25, -0.2) is 8.42 Å². The van der Waals surface area contributed by atoms with E-state index in [-0.39, 0.29) is 29.6 Å². The van der Waals surface area contributed by atoms with Crippen molar-refractivity contribution >= 4 is 26.7 Å². The number of hydrogen-bond acceptors (Lipinski definition) is 5. The first-order chi connectivity index (χ1) is 12.3. The minimum Gasteiger partial charge on any atom is -0.372 e. The number of carbonyl (C=O) groups is 1. The Morgan fingerprint density at radius 2 is 1.96 bits per heavy atom. The molecule has 0 saturated carbocycles. The molecule has 1 aromatic carbocycles. The molecule has 1 aliphatic rings. The van der Waals surface area contributed by atoms with Gasteiger partial charge in [0.05, 0.1) is 23.6 Å². The van der Waals surface area contributed by atoms with E-state index in [1.165, 1.54) is 7.05 Å². The average molecular weight is 377 g/mol. The molecule has 2 atom stereocenters. The van der Waals surface area contributed by atoms with E-state index in [2.05, 4.69) is 4.98 Å². The molecule has 1 amide bonds. The number of nitrogens with zero attached hydrogens (tertiary/aromatic N) is 3. The van der Waals surface area contributed by atoms with Gasteiger partial charge in [-0.05, 0) is 26.0 Å². The van der Waals surface area contributed by atoms with Crippen molar-refractivity contribution in [3.8, 4) is 0 Å². The summed E-state index contributed by atoms with van der Waals surface area (Å²) in [5, 5.41) is 1.33. The lowest BCUT2D eigenvalue weighted by Gasteiger charge is -2.36. The molecule has 0 N–H and O–H groups in total. The molecule has 0 spiro atoms. The zero-order valence-corrected chi connectivity index (χ0v) is 15.9. The van der Waals surface area contributed by atoms with E-state index in [4.69, 9.17) is 4.74 Å². The number of hydrogen-bond donors (Lipinski definition) is 0. The molecular weight excluding hydrogens is 354 g/mol. The number of fused-ring (bicyclic) bond motifs is 1. The molecule has 3 rings (SSSR count). The number of rotatable bonds is 4. The second-order valence-corrected chi connectivity index (χ2v) is 8.68. The summed E-state index contributed by atoms with van der Waals surface area (Å²) in [5.41, 5.74) is 0. The van der Waals surface area contributed by atoms with Crippen LogP contribution in [0, 0.1) is 0 Å². The van der Waals surface area contributed by atoms with Crippen molar-refractivity contribution in [2.45, 2.75) is 31.0 Å². The Balaban J connectivity index is 1.82. The van der Waals surface area contributed by atoms with Crippen molar-refractivity contribution in [3.05, 3.63) is 36.7 Å². The highest BCUT2D eigenvalue weighted by Gasteiger charge is 2.30. The Bertz CT molecular complexity index is 900. The van der Waals surface area contributed by atoms with Gasteiger partial charge in [-0.15, -0.1) is 0 Å². The number of morpholine rings is 1. The maximum Gasteiger partial charge on any atom is 0.243 e. The molecule has 0 radical (unpaired) electrons. The first kappa shape index (κ1) is 18.8.